The van der Waals surface area contributed by atoms with Crippen LogP contribution in [-0.4, -0.2) is 60.8 Å². The molecule has 1 aromatic rings. The summed E-state index contributed by atoms with van der Waals surface area (Å²) >= 11 is 0. The minimum Gasteiger partial charge on any atom is -0.469 e. The molecule has 1 N–H and O–H groups in total. The van der Waals surface area contributed by atoms with Crippen molar-refractivity contribution < 1.29 is 9.52 Å². The Morgan fingerprint density at radius 2 is 2.29 bits per heavy atom. The summed E-state index contributed by atoms with van der Waals surface area (Å²) in [6.07, 6.45) is 3.05. The molecular formula is C13H22N2O2. The topological polar surface area (TPSA) is 39.9 Å². The highest BCUT2D eigenvalue weighted by Crippen LogP contribution is 2.14. The number of aliphatic hydroxyl groups is 1. The van der Waals surface area contributed by atoms with Crippen molar-refractivity contribution in [2.45, 2.75) is 25.0 Å². The lowest BCUT2D eigenvalue weighted by Crippen LogP contribution is -2.46. The summed E-state index contributed by atoms with van der Waals surface area (Å²) in [6, 6.07) is 3.97. The third-order valence-electron chi connectivity index (χ3n) is 3.55. The smallest absolute Gasteiger partial charge is 0.106 e. The molecule has 96 valence electrons. The summed E-state index contributed by atoms with van der Waals surface area (Å²) in [4.78, 5) is 4.55. The average Bonchev–Trinajstić information content (AvgIpc) is 2.72. The Hall–Kier alpha value is -0.840. The van der Waals surface area contributed by atoms with E-state index in [0.29, 0.717) is 6.42 Å². The number of nitrogens with zero attached hydrogens (tertiary/aromatic N) is 2. The highest BCUT2D eigenvalue weighted by atomic mass is 16.3. The Labute approximate surface area is 103 Å². The molecule has 1 aromatic heterocycles. The van der Waals surface area contributed by atoms with E-state index in [9.17, 15) is 5.11 Å². The summed E-state index contributed by atoms with van der Waals surface area (Å²) in [6.45, 7) is 3.07. The second kappa shape index (κ2) is 5.67. The Balaban J connectivity index is 1.98. The van der Waals surface area contributed by atoms with Gasteiger partial charge in [0.25, 0.3) is 0 Å². The number of hydrogen-bond donors (Lipinski definition) is 1. The minimum atomic E-state index is -0.369. The molecule has 2 unspecified atom stereocenters. The van der Waals surface area contributed by atoms with Crippen LogP contribution in [0.2, 0.25) is 0 Å². The molecule has 0 radical (unpaired) electrons. The van der Waals surface area contributed by atoms with Crippen LogP contribution in [0.5, 0.6) is 0 Å². The van der Waals surface area contributed by atoms with Gasteiger partial charge in [0.15, 0.2) is 0 Å². The zero-order valence-corrected chi connectivity index (χ0v) is 10.7. The molecule has 2 heterocycles. The molecule has 2 rings (SSSR count). The number of likely N-dealkylation sites (N-methyl/N-ethyl adjacent to an activating group) is 2. The largest absolute Gasteiger partial charge is 0.469 e. The van der Waals surface area contributed by atoms with Crippen LogP contribution in [-0.2, 0) is 6.42 Å². The van der Waals surface area contributed by atoms with Gasteiger partial charge in [0, 0.05) is 19.0 Å². The molecule has 1 saturated heterocycles. The molecule has 4 heteroatoms. The number of aliphatic hydroxyl groups excluding tert-OH is 1. The first-order chi connectivity index (χ1) is 8.16. The van der Waals surface area contributed by atoms with Gasteiger partial charge in [-0.25, -0.2) is 0 Å². The number of furan rings is 1. The molecule has 1 aliphatic rings. The van der Waals surface area contributed by atoms with Crippen LogP contribution in [0.15, 0.2) is 22.8 Å². The fourth-order valence-electron chi connectivity index (χ4n) is 2.49. The second-order valence-electron chi connectivity index (χ2n) is 5.01. The zero-order valence-electron chi connectivity index (χ0n) is 10.7. The average molecular weight is 238 g/mol. The summed E-state index contributed by atoms with van der Waals surface area (Å²) in [5, 5.41) is 10.3. The molecule has 0 amide bonds. The van der Waals surface area contributed by atoms with Crippen molar-refractivity contribution in [2.24, 2.45) is 0 Å². The monoisotopic (exact) mass is 238 g/mol. The Morgan fingerprint density at radius 3 is 3.00 bits per heavy atom. The van der Waals surface area contributed by atoms with Crippen LogP contribution >= 0.6 is 0 Å². The summed E-state index contributed by atoms with van der Waals surface area (Å²) < 4.78 is 5.30. The molecule has 17 heavy (non-hydrogen) atoms. The number of hydrogen-bond acceptors (Lipinski definition) is 4. The quantitative estimate of drug-likeness (QED) is 0.846. The van der Waals surface area contributed by atoms with Crippen molar-refractivity contribution in [3.05, 3.63) is 24.2 Å². The van der Waals surface area contributed by atoms with Gasteiger partial charge >= 0.3 is 0 Å². The lowest BCUT2D eigenvalue weighted by Gasteiger charge is -2.31. The summed E-state index contributed by atoms with van der Waals surface area (Å²) in [5.41, 5.74) is 0. The maximum atomic E-state index is 10.3. The van der Waals surface area contributed by atoms with Gasteiger partial charge in [0.1, 0.15) is 5.76 Å². The maximum absolute atomic E-state index is 10.3. The fraction of sp³-hybridized carbons (Fsp3) is 0.692. The van der Waals surface area contributed by atoms with Gasteiger partial charge in [0.2, 0.25) is 0 Å². The predicted octanol–water partition coefficient (Wildman–Crippen LogP) is 0.819. The molecular weight excluding hydrogens is 216 g/mol. The van der Waals surface area contributed by atoms with E-state index in [2.05, 4.69) is 23.9 Å². The van der Waals surface area contributed by atoms with Gasteiger partial charge in [0.05, 0.1) is 12.4 Å². The van der Waals surface area contributed by atoms with Crippen molar-refractivity contribution in [1.29, 1.82) is 0 Å². The van der Waals surface area contributed by atoms with Crippen molar-refractivity contribution >= 4 is 0 Å². The van der Waals surface area contributed by atoms with Crippen LogP contribution in [0.3, 0.4) is 0 Å². The molecule has 2 atom stereocenters. The molecule has 0 bridgehead atoms. The van der Waals surface area contributed by atoms with Crippen LogP contribution in [0.1, 0.15) is 12.2 Å². The Bertz CT molecular complexity index is 326. The van der Waals surface area contributed by atoms with Gasteiger partial charge in [-0.2, -0.15) is 0 Å². The van der Waals surface area contributed by atoms with Gasteiger partial charge in [-0.15, -0.1) is 0 Å². The molecule has 0 saturated carbocycles. The van der Waals surface area contributed by atoms with E-state index in [1.807, 2.05) is 12.1 Å². The molecule has 1 fully saturated rings. The van der Waals surface area contributed by atoms with Crippen LogP contribution < -0.4 is 0 Å². The Kier molecular flexibility index (Phi) is 4.20. The summed E-state index contributed by atoms with van der Waals surface area (Å²) in [7, 11) is 4.21. The van der Waals surface area contributed by atoms with Gasteiger partial charge in [-0.05, 0) is 45.7 Å². The first-order valence-electron chi connectivity index (χ1n) is 6.26. The standard InChI is InChI=1S/C13H22N2O2/c1-14-6-4-7-15(2)12(10-14)13(16)9-11-5-3-8-17-11/h3,5,8,12-13,16H,4,6-7,9-10H2,1-2H3. The van der Waals surface area contributed by atoms with Gasteiger partial charge in [-0.3, -0.25) is 4.90 Å². The Morgan fingerprint density at radius 1 is 1.47 bits per heavy atom. The van der Waals surface area contributed by atoms with Crippen molar-refractivity contribution in [2.75, 3.05) is 33.7 Å². The fourth-order valence-corrected chi connectivity index (χ4v) is 2.49. The molecule has 0 aromatic carbocycles. The third kappa shape index (κ3) is 3.31. The van der Waals surface area contributed by atoms with E-state index in [1.165, 1.54) is 0 Å². The van der Waals surface area contributed by atoms with Crippen molar-refractivity contribution in [3.8, 4) is 0 Å². The van der Waals surface area contributed by atoms with E-state index in [0.717, 1.165) is 31.8 Å². The highest BCUT2D eigenvalue weighted by Gasteiger charge is 2.27. The highest BCUT2D eigenvalue weighted by molar-refractivity contribution is 5.01. The molecule has 1 aliphatic heterocycles. The second-order valence-corrected chi connectivity index (χ2v) is 5.01. The molecule has 0 spiro atoms. The van der Waals surface area contributed by atoms with E-state index >= 15 is 0 Å². The van der Waals surface area contributed by atoms with Crippen molar-refractivity contribution in [1.82, 2.24) is 9.80 Å². The van der Waals surface area contributed by atoms with Crippen molar-refractivity contribution in [3.63, 3.8) is 0 Å². The van der Waals surface area contributed by atoms with E-state index in [1.54, 1.807) is 6.26 Å². The minimum absolute atomic E-state index is 0.188. The van der Waals surface area contributed by atoms with Crippen LogP contribution in [0.25, 0.3) is 0 Å². The van der Waals surface area contributed by atoms with Crippen LogP contribution in [0.4, 0.5) is 0 Å². The first kappa shape index (κ1) is 12.6. The van der Waals surface area contributed by atoms with Gasteiger partial charge in [-0.1, -0.05) is 0 Å². The summed E-state index contributed by atoms with van der Waals surface area (Å²) in [5.74, 6) is 0.859. The van der Waals surface area contributed by atoms with E-state index in [4.69, 9.17) is 4.42 Å². The molecule has 4 nitrogen and oxygen atoms in total. The lowest BCUT2D eigenvalue weighted by atomic mass is 10.1. The maximum Gasteiger partial charge on any atom is 0.106 e. The zero-order chi connectivity index (χ0) is 12.3. The van der Waals surface area contributed by atoms with E-state index in [-0.39, 0.29) is 12.1 Å². The van der Waals surface area contributed by atoms with Crippen LogP contribution in [0, 0.1) is 0 Å². The van der Waals surface area contributed by atoms with E-state index < -0.39 is 0 Å². The molecule has 0 aliphatic carbocycles. The SMILES string of the molecule is CN1CCCN(C)C(C(O)Cc2ccco2)C1. The number of rotatable bonds is 3. The third-order valence-corrected chi connectivity index (χ3v) is 3.55. The van der Waals surface area contributed by atoms with Gasteiger partial charge < -0.3 is 14.4 Å². The normalized spacial score (nSPS) is 25.7. The lowest BCUT2D eigenvalue weighted by molar-refractivity contribution is 0.0547. The predicted molar refractivity (Wildman–Crippen MR) is 67.0 cm³/mol. The first-order valence-corrected chi connectivity index (χ1v) is 6.26.